The molecule has 0 aromatic carbocycles. The number of amides is 1. The van der Waals surface area contributed by atoms with Gasteiger partial charge >= 0.3 is 0 Å². The smallest absolute Gasteiger partial charge is 0.240 e. The van der Waals surface area contributed by atoms with Crippen LogP contribution in [0, 0.1) is 11.3 Å². The topological polar surface area (TPSA) is 126 Å². The maximum absolute atomic E-state index is 13.0. The van der Waals surface area contributed by atoms with Crippen molar-refractivity contribution in [2.75, 3.05) is 40.9 Å². The third kappa shape index (κ3) is 4.02. The van der Waals surface area contributed by atoms with E-state index in [1.165, 1.54) is 18.4 Å². The zero-order valence-corrected chi connectivity index (χ0v) is 18.9. The van der Waals surface area contributed by atoms with Crippen molar-refractivity contribution >= 4 is 40.0 Å². The number of H-pyrrole nitrogens is 1. The number of carbonyl (C=O) groups is 1. The van der Waals surface area contributed by atoms with Gasteiger partial charge in [-0.2, -0.15) is 5.26 Å². The molecule has 2 aromatic heterocycles. The summed E-state index contributed by atoms with van der Waals surface area (Å²) in [7, 11) is 0. The number of nitriles is 1. The van der Waals surface area contributed by atoms with Crippen LogP contribution in [-0.4, -0.2) is 30.5 Å². The number of anilines is 4. The van der Waals surface area contributed by atoms with E-state index in [2.05, 4.69) is 35.3 Å². The standard InChI is InChI=1S/C25H29N7O/c1-3-11-31(12-4-2)24-18(15-26)20-17-14-19(33)32(13-10-16-8-6-5-7-9-16)25(17)30-23(28)21(20)22(27)29-24/h3-4,8H,1-2,5-7,9-14H2,(H2,27,29)(H2,28,30)/p+1. The van der Waals surface area contributed by atoms with E-state index in [0.717, 1.165) is 19.3 Å². The molecule has 0 radical (unpaired) electrons. The number of nitrogens with two attached hydrogens (primary N) is 2. The van der Waals surface area contributed by atoms with E-state index in [4.69, 9.17) is 11.5 Å². The van der Waals surface area contributed by atoms with Crippen LogP contribution in [0.3, 0.4) is 0 Å². The third-order valence-electron chi connectivity index (χ3n) is 6.37. The van der Waals surface area contributed by atoms with Crippen LogP contribution in [0.2, 0.25) is 0 Å². The van der Waals surface area contributed by atoms with Crippen molar-refractivity contribution in [1.29, 1.82) is 5.26 Å². The van der Waals surface area contributed by atoms with Crippen molar-refractivity contribution in [3.05, 3.63) is 48.1 Å². The van der Waals surface area contributed by atoms with Gasteiger partial charge in [0.2, 0.25) is 17.5 Å². The fourth-order valence-electron chi connectivity index (χ4n) is 4.84. The maximum Gasteiger partial charge on any atom is 0.240 e. The lowest BCUT2D eigenvalue weighted by Crippen LogP contribution is -2.32. The van der Waals surface area contributed by atoms with E-state index < -0.39 is 0 Å². The fraction of sp³-hybridized carbons (Fsp3) is 0.360. The minimum absolute atomic E-state index is 0.0355. The van der Waals surface area contributed by atoms with Crippen LogP contribution in [0.1, 0.15) is 43.2 Å². The Kier molecular flexibility index (Phi) is 6.31. The zero-order chi connectivity index (χ0) is 23.5. The van der Waals surface area contributed by atoms with Crippen molar-refractivity contribution in [3.8, 4) is 6.07 Å². The number of nitrogens with one attached hydrogen (secondary N) is 1. The van der Waals surface area contributed by atoms with Gasteiger partial charge in [-0.05, 0) is 32.1 Å². The van der Waals surface area contributed by atoms with Gasteiger partial charge in [0.1, 0.15) is 23.3 Å². The first-order chi connectivity index (χ1) is 16.0. The van der Waals surface area contributed by atoms with Crippen molar-refractivity contribution in [2.45, 2.75) is 38.5 Å². The zero-order valence-electron chi connectivity index (χ0n) is 18.9. The van der Waals surface area contributed by atoms with Crippen molar-refractivity contribution in [2.24, 2.45) is 0 Å². The summed E-state index contributed by atoms with van der Waals surface area (Å²) in [5, 5.41) is 11.2. The molecule has 3 heterocycles. The van der Waals surface area contributed by atoms with Crippen LogP contribution >= 0.6 is 0 Å². The SMILES string of the molecule is C=CCN(CC=C)c1[nH+]c(N)c2c(N)nc3c(c2c1C#N)CC(=O)N3CCC1=CCCCC1. The highest BCUT2D eigenvalue weighted by Crippen LogP contribution is 2.40. The maximum atomic E-state index is 13.0. The number of nitrogen functional groups attached to an aromatic ring is 2. The van der Waals surface area contributed by atoms with Crippen LogP contribution in [0.4, 0.5) is 23.3 Å². The monoisotopic (exact) mass is 444 g/mol. The van der Waals surface area contributed by atoms with Crippen molar-refractivity contribution in [3.63, 3.8) is 0 Å². The fourth-order valence-corrected chi connectivity index (χ4v) is 4.84. The number of aromatic nitrogens is 2. The summed E-state index contributed by atoms with van der Waals surface area (Å²) in [6.07, 6.45) is 11.4. The Hall–Kier alpha value is -3.86. The second-order valence-electron chi connectivity index (χ2n) is 8.49. The Labute approximate surface area is 193 Å². The number of carbonyl (C=O) groups excluding carboxylic acids is 1. The third-order valence-corrected chi connectivity index (χ3v) is 6.37. The largest absolute Gasteiger partial charge is 0.383 e. The minimum atomic E-state index is -0.0355. The average Bonchev–Trinajstić information content (AvgIpc) is 3.12. The highest BCUT2D eigenvalue weighted by Gasteiger charge is 2.35. The van der Waals surface area contributed by atoms with Gasteiger partial charge in [0.25, 0.3) is 0 Å². The molecule has 0 saturated carbocycles. The first-order valence-corrected chi connectivity index (χ1v) is 11.3. The molecule has 8 nitrogen and oxygen atoms in total. The lowest BCUT2D eigenvalue weighted by Gasteiger charge is -2.21. The molecule has 0 spiro atoms. The van der Waals surface area contributed by atoms with Crippen LogP contribution < -0.4 is 26.3 Å². The molecule has 2 aliphatic rings. The van der Waals surface area contributed by atoms with Gasteiger partial charge in [0.15, 0.2) is 0 Å². The molecule has 1 aliphatic carbocycles. The molecule has 33 heavy (non-hydrogen) atoms. The Bertz CT molecular complexity index is 1200. The first kappa shape index (κ1) is 22.3. The Balaban J connectivity index is 1.85. The molecule has 1 amide bonds. The molecule has 0 fully saturated rings. The van der Waals surface area contributed by atoms with Crippen LogP contribution in [-0.2, 0) is 11.2 Å². The van der Waals surface area contributed by atoms with Gasteiger partial charge in [-0.25, -0.2) is 9.97 Å². The molecule has 0 unspecified atom stereocenters. The van der Waals surface area contributed by atoms with Crippen LogP contribution in [0.25, 0.3) is 10.8 Å². The van der Waals surface area contributed by atoms with E-state index >= 15 is 0 Å². The lowest BCUT2D eigenvalue weighted by molar-refractivity contribution is -0.344. The Morgan fingerprint density at radius 3 is 2.64 bits per heavy atom. The summed E-state index contributed by atoms with van der Waals surface area (Å²) >= 11 is 0. The number of aromatic amines is 1. The number of allylic oxidation sites excluding steroid dienone is 1. The predicted molar refractivity (Wildman–Crippen MR) is 132 cm³/mol. The van der Waals surface area contributed by atoms with E-state index in [1.54, 1.807) is 17.1 Å². The highest BCUT2D eigenvalue weighted by atomic mass is 16.2. The molecule has 2 aromatic rings. The van der Waals surface area contributed by atoms with Gasteiger partial charge in [-0.1, -0.05) is 37.0 Å². The van der Waals surface area contributed by atoms with Gasteiger partial charge in [-0.15, -0.1) is 0 Å². The Morgan fingerprint density at radius 2 is 2.00 bits per heavy atom. The van der Waals surface area contributed by atoms with Gasteiger partial charge < -0.3 is 11.5 Å². The normalized spacial score (nSPS) is 15.2. The summed E-state index contributed by atoms with van der Waals surface area (Å²) in [5.74, 6) is 1.56. The summed E-state index contributed by atoms with van der Waals surface area (Å²) in [6, 6.07) is 2.31. The molecule has 4 rings (SSSR count). The quantitative estimate of drug-likeness (QED) is 0.603. The minimum Gasteiger partial charge on any atom is -0.383 e. The number of pyridine rings is 2. The summed E-state index contributed by atoms with van der Waals surface area (Å²) in [6.45, 7) is 9.15. The molecular weight excluding hydrogens is 414 g/mol. The van der Waals surface area contributed by atoms with Gasteiger partial charge in [0, 0.05) is 17.5 Å². The number of rotatable bonds is 8. The number of fused-ring (bicyclic) bond motifs is 3. The lowest BCUT2D eigenvalue weighted by atomic mass is 9.97. The van der Waals surface area contributed by atoms with Crippen molar-refractivity contribution < 1.29 is 9.78 Å². The summed E-state index contributed by atoms with van der Waals surface area (Å²) < 4.78 is 0. The highest BCUT2D eigenvalue weighted by molar-refractivity contribution is 6.12. The predicted octanol–water partition coefficient (Wildman–Crippen LogP) is 3.04. The van der Waals surface area contributed by atoms with E-state index in [-0.39, 0.29) is 18.1 Å². The molecule has 170 valence electrons. The molecule has 5 N–H and O–H groups in total. The Morgan fingerprint density at radius 1 is 1.24 bits per heavy atom. The molecule has 0 bridgehead atoms. The second-order valence-corrected chi connectivity index (χ2v) is 8.49. The van der Waals surface area contributed by atoms with Crippen LogP contribution in [0.15, 0.2) is 37.0 Å². The molecule has 1 aliphatic heterocycles. The van der Waals surface area contributed by atoms with Gasteiger partial charge in [0.05, 0.1) is 24.9 Å². The average molecular weight is 445 g/mol. The molecule has 0 saturated heterocycles. The number of hydrogen-bond donors (Lipinski definition) is 2. The number of hydrogen-bond acceptors (Lipinski definition) is 6. The summed E-state index contributed by atoms with van der Waals surface area (Å²) in [4.78, 5) is 24.4. The van der Waals surface area contributed by atoms with Crippen LogP contribution in [0.5, 0.6) is 0 Å². The van der Waals surface area contributed by atoms with Crippen molar-refractivity contribution in [1.82, 2.24) is 4.98 Å². The number of nitrogens with zero attached hydrogens (tertiary/aromatic N) is 4. The molecular formula is C25H30N7O+. The van der Waals surface area contributed by atoms with Gasteiger partial charge in [-0.3, -0.25) is 14.6 Å². The summed E-state index contributed by atoms with van der Waals surface area (Å²) in [5.41, 5.74) is 15.2. The van der Waals surface area contributed by atoms with E-state index in [1.807, 2.05) is 4.90 Å². The molecule has 0 atom stereocenters. The molecule has 8 heteroatoms. The second kappa shape index (κ2) is 9.33. The first-order valence-electron chi connectivity index (χ1n) is 11.3. The van der Waals surface area contributed by atoms with E-state index in [0.29, 0.717) is 59.0 Å². The van der Waals surface area contributed by atoms with E-state index in [9.17, 15) is 10.1 Å².